The van der Waals surface area contributed by atoms with Crippen molar-refractivity contribution in [3.05, 3.63) is 95.8 Å². The van der Waals surface area contributed by atoms with E-state index < -0.39 is 17.7 Å². The lowest BCUT2D eigenvalue weighted by molar-refractivity contribution is -0.271. The first kappa shape index (κ1) is 18.4. The van der Waals surface area contributed by atoms with Crippen molar-refractivity contribution in [2.75, 3.05) is 0 Å². The first-order valence-corrected chi connectivity index (χ1v) is 9.04. The van der Waals surface area contributed by atoms with Crippen LogP contribution in [0.25, 0.3) is 11.0 Å². The number of para-hydroxylation sites is 2. The average Bonchev–Trinajstić information content (AvgIpc) is 3.12. The highest BCUT2D eigenvalue weighted by Gasteiger charge is 2.63. The van der Waals surface area contributed by atoms with Crippen LogP contribution in [0.1, 0.15) is 11.1 Å². The van der Waals surface area contributed by atoms with E-state index in [1.807, 2.05) is 0 Å². The minimum atomic E-state index is -4.87. The SMILES string of the molecule is Fc1ccc(C2=Nc3nc4ccccc4n3[C@](c3ccccc3)(C(F)(F)F)O2)cc1. The molecule has 0 saturated heterocycles. The van der Waals surface area contributed by atoms with Gasteiger partial charge in [-0.1, -0.05) is 42.5 Å². The molecule has 150 valence electrons. The average molecular weight is 411 g/mol. The van der Waals surface area contributed by atoms with Crippen molar-refractivity contribution in [3.8, 4) is 0 Å². The van der Waals surface area contributed by atoms with Crippen molar-refractivity contribution in [1.29, 1.82) is 0 Å². The van der Waals surface area contributed by atoms with E-state index in [1.54, 1.807) is 24.3 Å². The van der Waals surface area contributed by atoms with Gasteiger partial charge in [-0.05, 0) is 36.4 Å². The van der Waals surface area contributed by atoms with Crippen LogP contribution >= 0.6 is 0 Å². The van der Waals surface area contributed by atoms with Crippen LogP contribution in [-0.4, -0.2) is 21.6 Å². The molecule has 1 aromatic heterocycles. The Morgan fingerprint density at radius 2 is 1.50 bits per heavy atom. The standard InChI is InChI=1S/C22H13F4N3O/c23-16-12-10-14(11-13-16)19-28-20-27-17-8-4-5-9-18(17)29(20)21(30-19,22(24,25)26)15-6-2-1-3-7-15/h1-13H/t21-/m0/s1. The molecule has 0 N–H and O–H groups in total. The summed E-state index contributed by atoms with van der Waals surface area (Å²) in [6, 6.07) is 18.7. The van der Waals surface area contributed by atoms with Crippen LogP contribution in [-0.2, 0) is 10.5 Å². The number of rotatable bonds is 2. The lowest BCUT2D eigenvalue weighted by Gasteiger charge is -2.40. The molecule has 0 amide bonds. The number of alkyl halides is 3. The second-order valence-corrected chi connectivity index (χ2v) is 6.77. The van der Waals surface area contributed by atoms with E-state index in [2.05, 4.69) is 9.98 Å². The number of hydrogen-bond acceptors (Lipinski definition) is 3. The fourth-order valence-corrected chi connectivity index (χ4v) is 3.61. The number of hydrogen-bond donors (Lipinski definition) is 0. The van der Waals surface area contributed by atoms with Gasteiger partial charge in [0, 0.05) is 11.1 Å². The number of aliphatic imine (C=N–C) groups is 1. The number of fused-ring (bicyclic) bond motifs is 3. The molecular formula is C22H13F4N3O. The van der Waals surface area contributed by atoms with Crippen molar-refractivity contribution in [2.24, 2.45) is 4.99 Å². The maximum atomic E-state index is 14.8. The number of halogens is 4. The van der Waals surface area contributed by atoms with Gasteiger partial charge in [-0.25, -0.2) is 9.37 Å². The summed E-state index contributed by atoms with van der Waals surface area (Å²) in [6.07, 6.45) is -4.87. The number of imidazole rings is 1. The van der Waals surface area contributed by atoms with Crippen LogP contribution in [0.15, 0.2) is 83.9 Å². The number of nitrogens with zero attached hydrogens (tertiary/aromatic N) is 3. The van der Waals surface area contributed by atoms with Crippen molar-refractivity contribution >= 4 is 22.9 Å². The summed E-state index contributed by atoms with van der Waals surface area (Å²) < 4.78 is 64.5. The fourth-order valence-electron chi connectivity index (χ4n) is 3.61. The Morgan fingerprint density at radius 3 is 2.20 bits per heavy atom. The molecule has 5 rings (SSSR count). The molecule has 1 aliphatic heterocycles. The first-order valence-electron chi connectivity index (χ1n) is 9.04. The zero-order valence-electron chi connectivity index (χ0n) is 15.3. The quantitative estimate of drug-likeness (QED) is 0.406. The zero-order chi connectivity index (χ0) is 20.9. The molecule has 0 saturated carbocycles. The molecule has 0 unspecified atom stereocenters. The normalized spacial score (nSPS) is 18.6. The van der Waals surface area contributed by atoms with Crippen molar-refractivity contribution < 1.29 is 22.3 Å². The highest BCUT2D eigenvalue weighted by atomic mass is 19.4. The van der Waals surface area contributed by atoms with E-state index in [1.165, 1.54) is 42.5 Å². The van der Waals surface area contributed by atoms with E-state index in [-0.39, 0.29) is 28.5 Å². The largest absolute Gasteiger partial charge is 0.454 e. The minimum Gasteiger partial charge on any atom is -0.436 e. The summed E-state index contributed by atoms with van der Waals surface area (Å²) >= 11 is 0. The summed E-state index contributed by atoms with van der Waals surface area (Å²) in [4.78, 5) is 8.54. The predicted molar refractivity (Wildman–Crippen MR) is 103 cm³/mol. The van der Waals surface area contributed by atoms with Crippen LogP contribution in [0, 0.1) is 5.82 Å². The molecule has 0 spiro atoms. The Bertz CT molecular complexity index is 1260. The molecule has 4 nitrogen and oxygen atoms in total. The van der Waals surface area contributed by atoms with Gasteiger partial charge in [-0.15, -0.1) is 0 Å². The first-order chi connectivity index (χ1) is 14.4. The number of benzene rings is 3. The molecule has 0 fully saturated rings. The van der Waals surface area contributed by atoms with Crippen LogP contribution in [0.5, 0.6) is 0 Å². The lowest BCUT2D eigenvalue weighted by atomic mass is 10.00. The van der Waals surface area contributed by atoms with Gasteiger partial charge >= 0.3 is 11.9 Å². The van der Waals surface area contributed by atoms with Gasteiger partial charge < -0.3 is 4.74 Å². The molecule has 3 aromatic carbocycles. The van der Waals surface area contributed by atoms with Crippen LogP contribution < -0.4 is 0 Å². The Balaban J connectivity index is 1.87. The third-order valence-corrected chi connectivity index (χ3v) is 4.94. The highest BCUT2D eigenvalue weighted by molar-refractivity contribution is 5.97. The molecule has 8 heteroatoms. The second kappa shape index (κ2) is 6.41. The summed E-state index contributed by atoms with van der Waals surface area (Å²) in [5.41, 5.74) is -2.23. The monoisotopic (exact) mass is 411 g/mol. The third kappa shape index (κ3) is 2.60. The highest BCUT2D eigenvalue weighted by Crippen LogP contribution is 2.49. The van der Waals surface area contributed by atoms with Crippen LogP contribution in [0.3, 0.4) is 0 Å². The number of aromatic nitrogens is 2. The Labute approximate surface area is 168 Å². The summed E-state index contributed by atoms with van der Waals surface area (Å²) in [7, 11) is 0. The maximum absolute atomic E-state index is 14.8. The van der Waals surface area contributed by atoms with Gasteiger partial charge in [0.15, 0.2) is 0 Å². The Kier molecular flexibility index (Phi) is 3.92. The lowest BCUT2D eigenvalue weighted by Crippen LogP contribution is -2.53. The van der Waals surface area contributed by atoms with Gasteiger partial charge in [-0.3, -0.25) is 4.57 Å². The summed E-state index contributed by atoms with van der Waals surface area (Å²) in [5, 5.41) is 0. The van der Waals surface area contributed by atoms with Gasteiger partial charge in [-0.2, -0.15) is 18.2 Å². The molecule has 1 atom stereocenters. The van der Waals surface area contributed by atoms with Crippen LogP contribution in [0.4, 0.5) is 23.5 Å². The molecule has 4 aromatic rings. The van der Waals surface area contributed by atoms with E-state index in [4.69, 9.17) is 4.74 Å². The van der Waals surface area contributed by atoms with E-state index in [0.717, 1.165) is 16.7 Å². The van der Waals surface area contributed by atoms with Gasteiger partial charge in [0.25, 0.3) is 0 Å². The minimum absolute atomic E-state index is 0.128. The van der Waals surface area contributed by atoms with E-state index >= 15 is 0 Å². The molecule has 2 heterocycles. The fraction of sp³-hybridized carbons (Fsp3) is 0.0909. The van der Waals surface area contributed by atoms with Crippen molar-refractivity contribution in [2.45, 2.75) is 11.9 Å². The Hall–Kier alpha value is -3.68. The van der Waals surface area contributed by atoms with Gasteiger partial charge in [0.2, 0.25) is 11.8 Å². The predicted octanol–water partition coefficient (Wildman–Crippen LogP) is 5.55. The van der Waals surface area contributed by atoms with Crippen molar-refractivity contribution in [3.63, 3.8) is 0 Å². The third-order valence-electron chi connectivity index (χ3n) is 4.94. The smallest absolute Gasteiger partial charge is 0.436 e. The molecule has 0 radical (unpaired) electrons. The summed E-state index contributed by atoms with van der Waals surface area (Å²) in [5.74, 6) is -0.963. The van der Waals surface area contributed by atoms with Crippen LogP contribution in [0.2, 0.25) is 0 Å². The Morgan fingerprint density at radius 1 is 0.833 bits per heavy atom. The van der Waals surface area contributed by atoms with E-state index in [9.17, 15) is 17.6 Å². The molecule has 30 heavy (non-hydrogen) atoms. The van der Waals surface area contributed by atoms with Crippen molar-refractivity contribution in [1.82, 2.24) is 9.55 Å². The molecule has 0 bridgehead atoms. The second-order valence-electron chi connectivity index (χ2n) is 6.77. The zero-order valence-corrected chi connectivity index (χ0v) is 15.3. The molecular weight excluding hydrogens is 398 g/mol. The molecule has 0 aliphatic carbocycles. The summed E-state index contributed by atoms with van der Waals surface area (Å²) in [6.45, 7) is 0. The molecule has 1 aliphatic rings. The van der Waals surface area contributed by atoms with Gasteiger partial charge in [0.1, 0.15) is 5.82 Å². The van der Waals surface area contributed by atoms with Gasteiger partial charge in [0.05, 0.1) is 11.0 Å². The maximum Gasteiger partial charge on any atom is 0.454 e. The number of ether oxygens (including phenoxy) is 1. The topological polar surface area (TPSA) is 39.4 Å². The van der Waals surface area contributed by atoms with E-state index in [0.29, 0.717) is 5.52 Å².